The minimum atomic E-state index is -0.173. The summed E-state index contributed by atoms with van der Waals surface area (Å²) in [6.07, 6.45) is 4.81. The molecule has 2 nitrogen and oxygen atoms in total. The van der Waals surface area contributed by atoms with Crippen LogP contribution in [0.25, 0.3) is 0 Å². The van der Waals surface area contributed by atoms with Gasteiger partial charge in [0.05, 0.1) is 0 Å². The molecule has 1 fully saturated rings. The second-order valence-electron chi connectivity index (χ2n) is 5.88. The van der Waals surface area contributed by atoms with Crippen molar-refractivity contribution in [3.63, 3.8) is 0 Å². The Labute approximate surface area is 104 Å². The Hall–Kier alpha value is -1.02. The Balaban J connectivity index is 2.32. The summed E-state index contributed by atoms with van der Waals surface area (Å²) in [5, 5.41) is 10.0. The van der Waals surface area contributed by atoms with Gasteiger partial charge < -0.3 is 10.8 Å². The molecule has 1 aliphatic rings. The van der Waals surface area contributed by atoms with Crippen LogP contribution in [0.1, 0.15) is 51.0 Å². The van der Waals surface area contributed by atoms with Crippen molar-refractivity contribution < 1.29 is 5.11 Å². The fraction of sp³-hybridized carbons (Fsp3) is 0.600. The van der Waals surface area contributed by atoms with E-state index in [9.17, 15) is 5.11 Å². The summed E-state index contributed by atoms with van der Waals surface area (Å²) in [5.74, 6) is 1.29. The minimum Gasteiger partial charge on any atom is -0.508 e. The molecule has 1 aromatic rings. The van der Waals surface area contributed by atoms with Crippen molar-refractivity contribution in [1.82, 2.24) is 0 Å². The number of aromatic hydroxyl groups is 1. The molecule has 0 aromatic heterocycles. The van der Waals surface area contributed by atoms with E-state index >= 15 is 0 Å². The van der Waals surface area contributed by atoms with E-state index in [2.05, 4.69) is 13.8 Å². The molecule has 2 rings (SSSR count). The molecule has 17 heavy (non-hydrogen) atoms. The monoisotopic (exact) mass is 233 g/mol. The van der Waals surface area contributed by atoms with Crippen molar-refractivity contribution in [2.75, 3.05) is 0 Å². The normalized spacial score (nSPS) is 25.8. The molecule has 1 aromatic carbocycles. The summed E-state index contributed by atoms with van der Waals surface area (Å²) in [6.45, 7) is 4.21. The second-order valence-corrected chi connectivity index (χ2v) is 5.88. The molecule has 2 heteroatoms. The molecular formula is C15H23NO. The third-order valence-electron chi connectivity index (χ3n) is 4.06. The molecule has 0 bridgehead atoms. The highest BCUT2D eigenvalue weighted by molar-refractivity contribution is 5.36. The van der Waals surface area contributed by atoms with E-state index in [0.717, 1.165) is 12.0 Å². The number of phenolic OH excluding ortho intramolecular Hbond substituents is 1. The van der Waals surface area contributed by atoms with Crippen LogP contribution in [0.2, 0.25) is 0 Å². The van der Waals surface area contributed by atoms with Crippen molar-refractivity contribution in [1.29, 1.82) is 0 Å². The molecule has 2 atom stereocenters. The summed E-state index contributed by atoms with van der Waals surface area (Å²) in [5.41, 5.74) is 7.21. The number of benzene rings is 1. The number of nitrogens with two attached hydrogens (primary N) is 1. The maximum absolute atomic E-state index is 10.0. The van der Waals surface area contributed by atoms with Gasteiger partial charge in [0.15, 0.2) is 0 Å². The van der Waals surface area contributed by atoms with E-state index in [4.69, 9.17) is 5.73 Å². The van der Waals surface area contributed by atoms with Gasteiger partial charge in [-0.3, -0.25) is 0 Å². The van der Waals surface area contributed by atoms with Crippen LogP contribution >= 0.6 is 0 Å². The second kappa shape index (κ2) is 4.69. The molecule has 1 aliphatic carbocycles. The Morgan fingerprint density at radius 2 is 1.82 bits per heavy atom. The molecule has 0 heterocycles. The van der Waals surface area contributed by atoms with E-state index in [1.807, 2.05) is 18.2 Å². The molecule has 0 saturated heterocycles. The zero-order chi connectivity index (χ0) is 12.5. The summed E-state index contributed by atoms with van der Waals surface area (Å²) in [7, 11) is 0. The maximum Gasteiger partial charge on any atom is 0.119 e. The van der Waals surface area contributed by atoms with Crippen molar-refractivity contribution in [2.45, 2.75) is 51.0 Å². The molecule has 0 amide bonds. The van der Waals surface area contributed by atoms with Gasteiger partial charge in [0.1, 0.15) is 5.75 Å². The minimum absolute atomic E-state index is 0.173. The van der Waals surface area contributed by atoms with E-state index < -0.39 is 0 Å². The summed E-state index contributed by atoms with van der Waals surface area (Å²) in [4.78, 5) is 0. The zero-order valence-corrected chi connectivity index (χ0v) is 10.8. The van der Waals surface area contributed by atoms with E-state index in [1.165, 1.54) is 19.3 Å². The van der Waals surface area contributed by atoms with E-state index in [0.29, 0.717) is 17.6 Å². The molecular weight excluding hydrogens is 210 g/mol. The molecule has 0 aliphatic heterocycles. The first-order valence-electron chi connectivity index (χ1n) is 6.57. The first-order chi connectivity index (χ1) is 8.00. The predicted molar refractivity (Wildman–Crippen MR) is 71.1 cm³/mol. The topological polar surface area (TPSA) is 46.2 Å². The average molecular weight is 233 g/mol. The van der Waals surface area contributed by atoms with Crippen LogP contribution in [0, 0.1) is 5.92 Å². The lowest BCUT2D eigenvalue weighted by molar-refractivity contribution is 0.202. The zero-order valence-electron chi connectivity index (χ0n) is 10.8. The fourth-order valence-corrected chi connectivity index (χ4v) is 3.19. The Morgan fingerprint density at radius 3 is 2.47 bits per heavy atom. The predicted octanol–water partition coefficient (Wildman–Crippen LogP) is 3.40. The molecule has 0 spiro atoms. The Kier molecular flexibility index (Phi) is 3.43. The van der Waals surface area contributed by atoms with Crippen LogP contribution in [0.3, 0.4) is 0 Å². The summed E-state index contributed by atoms with van der Waals surface area (Å²) >= 11 is 0. The maximum atomic E-state index is 10.0. The van der Waals surface area contributed by atoms with Crippen molar-refractivity contribution in [3.8, 4) is 5.75 Å². The lowest BCUT2D eigenvalue weighted by Crippen LogP contribution is -2.45. The van der Waals surface area contributed by atoms with Gasteiger partial charge in [-0.15, -0.1) is 0 Å². The lowest BCUT2D eigenvalue weighted by atomic mass is 9.67. The number of rotatable bonds is 2. The van der Waals surface area contributed by atoms with E-state index in [-0.39, 0.29) is 5.54 Å². The summed E-state index contributed by atoms with van der Waals surface area (Å²) < 4.78 is 0. The van der Waals surface area contributed by atoms with Crippen LogP contribution in [0.15, 0.2) is 24.3 Å². The highest BCUT2D eigenvalue weighted by Crippen LogP contribution is 2.44. The van der Waals surface area contributed by atoms with Gasteiger partial charge in [0.2, 0.25) is 0 Å². The van der Waals surface area contributed by atoms with Gasteiger partial charge in [-0.05, 0) is 50.2 Å². The highest BCUT2D eigenvalue weighted by Gasteiger charge is 2.36. The van der Waals surface area contributed by atoms with Crippen LogP contribution in [-0.2, 0) is 0 Å². The van der Waals surface area contributed by atoms with Crippen LogP contribution in [-0.4, -0.2) is 10.6 Å². The molecule has 3 N–H and O–H groups in total. The number of phenols is 1. The average Bonchev–Trinajstić information content (AvgIpc) is 2.28. The smallest absolute Gasteiger partial charge is 0.119 e. The Morgan fingerprint density at radius 1 is 1.18 bits per heavy atom. The van der Waals surface area contributed by atoms with Gasteiger partial charge in [-0.2, -0.15) is 0 Å². The van der Waals surface area contributed by atoms with Gasteiger partial charge in [0, 0.05) is 5.54 Å². The largest absolute Gasteiger partial charge is 0.508 e. The van der Waals surface area contributed by atoms with Crippen molar-refractivity contribution >= 4 is 0 Å². The first-order valence-corrected chi connectivity index (χ1v) is 6.57. The third-order valence-corrected chi connectivity index (χ3v) is 4.06. The van der Waals surface area contributed by atoms with Crippen LogP contribution in [0.5, 0.6) is 5.75 Å². The first kappa shape index (κ1) is 12.4. The molecule has 0 radical (unpaired) electrons. The third kappa shape index (κ3) is 2.63. The summed E-state index contributed by atoms with van der Waals surface area (Å²) in [6, 6.07) is 7.71. The fourth-order valence-electron chi connectivity index (χ4n) is 3.19. The SMILES string of the molecule is CC(C)(N)C1CCCCC1c1ccccc1O. The Bertz CT molecular complexity index is 381. The van der Waals surface area contributed by atoms with Gasteiger partial charge >= 0.3 is 0 Å². The van der Waals surface area contributed by atoms with Gasteiger partial charge in [-0.1, -0.05) is 31.0 Å². The van der Waals surface area contributed by atoms with Crippen LogP contribution < -0.4 is 5.73 Å². The van der Waals surface area contributed by atoms with Gasteiger partial charge in [0.25, 0.3) is 0 Å². The quantitative estimate of drug-likeness (QED) is 0.822. The molecule has 1 saturated carbocycles. The number of hydrogen-bond donors (Lipinski definition) is 2. The standard InChI is InChI=1S/C15H23NO/c1-15(2,16)13-9-5-3-7-11(13)12-8-4-6-10-14(12)17/h4,6,8,10-11,13,17H,3,5,7,9,16H2,1-2H3. The molecule has 94 valence electrons. The van der Waals surface area contributed by atoms with Crippen molar-refractivity contribution in [3.05, 3.63) is 29.8 Å². The van der Waals surface area contributed by atoms with Gasteiger partial charge in [-0.25, -0.2) is 0 Å². The molecule has 2 unspecified atom stereocenters. The van der Waals surface area contributed by atoms with Crippen molar-refractivity contribution in [2.24, 2.45) is 11.7 Å². The number of hydrogen-bond acceptors (Lipinski definition) is 2. The van der Waals surface area contributed by atoms with Crippen LogP contribution in [0.4, 0.5) is 0 Å². The van der Waals surface area contributed by atoms with E-state index in [1.54, 1.807) is 6.07 Å². The lowest BCUT2D eigenvalue weighted by Gasteiger charge is -2.40. The number of para-hydroxylation sites is 1. The highest BCUT2D eigenvalue weighted by atomic mass is 16.3.